The second-order valence-electron chi connectivity index (χ2n) is 4.57. The molecule has 1 aromatic rings. The Morgan fingerprint density at radius 1 is 1.58 bits per heavy atom. The van der Waals surface area contributed by atoms with Crippen LogP contribution in [0, 0.1) is 0 Å². The Hall–Kier alpha value is -0.780. The Balaban J connectivity index is 2.38. The van der Waals surface area contributed by atoms with Crippen molar-refractivity contribution in [2.45, 2.75) is 24.8 Å². The fourth-order valence-corrected chi connectivity index (χ4v) is 3.47. The van der Waals surface area contributed by atoms with E-state index in [2.05, 4.69) is 36.9 Å². The lowest BCUT2D eigenvalue weighted by atomic mass is 10.1. The number of nitrogens with two attached hydrogens (primary N) is 1. The summed E-state index contributed by atoms with van der Waals surface area (Å²) in [7, 11) is 0. The molecular weight excluding hydrogens is 276 g/mol. The van der Waals surface area contributed by atoms with Crippen LogP contribution < -0.4 is 10.6 Å². The molecule has 2 rings (SSSR count). The predicted molar refractivity (Wildman–Crippen MR) is 86.4 cm³/mol. The largest absolute Gasteiger partial charge is 0.389 e. The lowest BCUT2D eigenvalue weighted by molar-refractivity contribution is 0.0532. The van der Waals surface area contributed by atoms with E-state index in [1.807, 2.05) is 0 Å². The highest BCUT2D eigenvalue weighted by Crippen LogP contribution is 2.31. The molecule has 0 saturated carbocycles. The number of hydrogen-bond acceptors (Lipinski definition) is 4. The first-order valence-corrected chi connectivity index (χ1v) is 7.95. The van der Waals surface area contributed by atoms with E-state index in [0.717, 1.165) is 36.7 Å². The number of benzene rings is 1. The van der Waals surface area contributed by atoms with E-state index >= 15 is 0 Å². The van der Waals surface area contributed by atoms with Crippen LogP contribution in [0.5, 0.6) is 0 Å². The molecule has 1 unspecified atom stereocenters. The van der Waals surface area contributed by atoms with Crippen molar-refractivity contribution in [2.24, 2.45) is 5.73 Å². The van der Waals surface area contributed by atoms with Gasteiger partial charge in [-0.25, -0.2) is 0 Å². The van der Waals surface area contributed by atoms with Crippen LogP contribution in [0.3, 0.4) is 0 Å². The third kappa shape index (κ3) is 3.41. The summed E-state index contributed by atoms with van der Waals surface area (Å²) in [5, 5.41) is 0. The summed E-state index contributed by atoms with van der Waals surface area (Å²) < 4.78 is 5.60. The quantitative estimate of drug-likeness (QED) is 0.683. The van der Waals surface area contributed by atoms with Gasteiger partial charge in [0.1, 0.15) is 4.99 Å². The van der Waals surface area contributed by atoms with Gasteiger partial charge in [0.15, 0.2) is 0 Å². The highest BCUT2D eigenvalue weighted by molar-refractivity contribution is 7.99. The van der Waals surface area contributed by atoms with Crippen molar-refractivity contribution in [1.29, 1.82) is 0 Å². The SMILES string of the molecule is CCSc1cccc(N2CCOC(C)C2)c1C(N)=S. The van der Waals surface area contributed by atoms with Gasteiger partial charge in [-0.1, -0.05) is 25.2 Å². The molecule has 1 aliphatic rings. The van der Waals surface area contributed by atoms with Crippen LogP contribution in [0.25, 0.3) is 0 Å². The average molecular weight is 296 g/mol. The minimum absolute atomic E-state index is 0.246. The summed E-state index contributed by atoms with van der Waals surface area (Å²) >= 11 is 7.04. The standard InChI is InChI=1S/C14H20N2OS2/c1-3-19-12-6-4-5-11(13(12)14(15)18)16-7-8-17-10(2)9-16/h4-6,10H,3,7-9H2,1-2H3,(H2,15,18). The van der Waals surface area contributed by atoms with E-state index < -0.39 is 0 Å². The molecule has 1 fully saturated rings. The topological polar surface area (TPSA) is 38.5 Å². The monoisotopic (exact) mass is 296 g/mol. The maximum Gasteiger partial charge on any atom is 0.107 e. The van der Waals surface area contributed by atoms with Gasteiger partial charge in [-0.3, -0.25) is 0 Å². The molecule has 5 heteroatoms. The van der Waals surface area contributed by atoms with Crippen LogP contribution in [0.15, 0.2) is 23.1 Å². The van der Waals surface area contributed by atoms with Crippen molar-refractivity contribution < 1.29 is 4.74 Å². The molecule has 1 atom stereocenters. The van der Waals surface area contributed by atoms with Gasteiger partial charge in [0.2, 0.25) is 0 Å². The number of rotatable bonds is 4. The first-order chi connectivity index (χ1) is 9.13. The normalized spacial score (nSPS) is 19.5. The molecule has 1 aromatic carbocycles. The first kappa shape index (κ1) is 14.6. The first-order valence-electron chi connectivity index (χ1n) is 6.55. The van der Waals surface area contributed by atoms with E-state index in [0.29, 0.717) is 4.99 Å². The smallest absolute Gasteiger partial charge is 0.107 e. The average Bonchev–Trinajstić information content (AvgIpc) is 2.38. The Morgan fingerprint density at radius 2 is 2.37 bits per heavy atom. The van der Waals surface area contributed by atoms with Crippen LogP contribution in [-0.2, 0) is 4.74 Å². The van der Waals surface area contributed by atoms with Crippen LogP contribution >= 0.6 is 24.0 Å². The summed E-state index contributed by atoms with van der Waals surface area (Å²) in [6.45, 7) is 6.76. The molecule has 2 N–H and O–H groups in total. The number of anilines is 1. The zero-order valence-electron chi connectivity index (χ0n) is 11.4. The molecule has 0 aliphatic carbocycles. The predicted octanol–water partition coefficient (Wildman–Crippen LogP) is 2.66. The second kappa shape index (κ2) is 6.59. The highest BCUT2D eigenvalue weighted by atomic mass is 32.2. The third-order valence-corrected chi connectivity index (χ3v) is 4.28. The molecule has 19 heavy (non-hydrogen) atoms. The molecule has 104 valence electrons. The van der Waals surface area contributed by atoms with Crippen molar-refractivity contribution in [3.05, 3.63) is 23.8 Å². The minimum Gasteiger partial charge on any atom is -0.389 e. The molecule has 0 bridgehead atoms. The number of thioether (sulfide) groups is 1. The minimum atomic E-state index is 0.246. The van der Waals surface area contributed by atoms with Crippen LogP contribution in [-0.4, -0.2) is 36.5 Å². The van der Waals surface area contributed by atoms with Crippen molar-refractivity contribution in [3.8, 4) is 0 Å². The molecule has 3 nitrogen and oxygen atoms in total. The Bertz CT molecular complexity index is 465. The number of nitrogens with zero attached hydrogens (tertiary/aromatic N) is 1. The fraction of sp³-hybridized carbons (Fsp3) is 0.500. The van der Waals surface area contributed by atoms with E-state index in [-0.39, 0.29) is 6.10 Å². The van der Waals surface area contributed by atoms with E-state index in [4.69, 9.17) is 22.7 Å². The number of hydrogen-bond donors (Lipinski definition) is 1. The van der Waals surface area contributed by atoms with E-state index in [1.165, 1.54) is 4.90 Å². The fourth-order valence-electron chi connectivity index (χ4n) is 2.34. The van der Waals surface area contributed by atoms with Gasteiger partial charge in [0.25, 0.3) is 0 Å². The second-order valence-corrected chi connectivity index (χ2v) is 6.32. The summed E-state index contributed by atoms with van der Waals surface area (Å²) in [5.41, 5.74) is 8.10. The zero-order chi connectivity index (χ0) is 13.8. The zero-order valence-corrected chi connectivity index (χ0v) is 13.0. The van der Waals surface area contributed by atoms with E-state index in [9.17, 15) is 0 Å². The van der Waals surface area contributed by atoms with Crippen LogP contribution in [0.2, 0.25) is 0 Å². The van der Waals surface area contributed by atoms with Crippen molar-refractivity contribution in [2.75, 3.05) is 30.3 Å². The summed E-state index contributed by atoms with van der Waals surface area (Å²) in [4.78, 5) is 3.97. The highest BCUT2D eigenvalue weighted by Gasteiger charge is 2.21. The Morgan fingerprint density at radius 3 is 3.00 bits per heavy atom. The Kier molecular flexibility index (Phi) is 5.07. The van der Waals surface area contributed by atoms with Gasteiger partial charge >= 0.3 is 0 Å². The van der Waals surface area contributed by atoms with Gasteiger partial charge in [0.05, 0.1) is 12.7 Å². The molecule has 0 aromatic heterocycles. The van der Waals surface area contributed by atoms with Crippen LogP contribution in [0.1, 0.15) is 19.4 Å². The molecule has 1 saturated heterocycles. The van der Waals surface area contributed by atoms with Gasteiger partial charge in [0, 0.05) is 29.2 Å². The Labute approximate surface area is 124 Å². The summed E-state index contributed by atoms with van der Waals surface area (Å²) in [5.74, 6) is 1.01. The van der Waals surface area contributed by atoms with E-state index in [1.54, 1.807) is 11.8 Å². The van der Waals surface area contributed by atoms with Gasteiger partial charge in [-0.05, 0) is 24.8 Å². The lowest BCUT2D eigenvalue weighted by Crippen LogP contribution is -2.42. The number of ether oxygens (including phenoxy) is 1. The number of thiocarbonyl (C=S) groups is 1. The molecule has 0 amide bonds. The summed E-state index contributed by atoms with van der Waals surface area (Å²) in [6, 6.07) is 6.28. The van der Waals surface area contributed by atoms with Crippen LogP contribution in [0.4, 0.5) is 5.69 Å². The van der Waals surface area contributed by atoms with Gasteiger partial charge in [-0.2, -0.15) is 0 Å². The van der Waals surface area contributed by atoms with Crippen molar-refractivity contribution >= 4 is 34.7 Å². The maximum absolute atomic E-state index is 5.95. The number of morpholine rings is 1. The molecule has 0 spiro atoms. The molecule has 1 aliphatic heterocycles. The third-order valence-electron chi connectivity index (χ3n) is 3.13. The van der Waals surface area contributed by atoms with Gasteiger partial charge < -0.3 is 15.4 Å². The summed E-state index contributed by atoms with van der Waals surface area (Å²) in [6.07, 6.45) is 0.246. The lowest BCUT2D eigenvalue weighted by Gasteiger charge is -2.34. The van der Waals surface area contributed by atoms with Gasteiger partial charge in [-0.15, -0.1) is 11.8 Å². The maximum atomic E-state index is 5.95. The molecular formula is C14H20N2OS2. The molecule has 1 heterocycles. The molecule has 0 radical (unpaired) electrons. The van der Waals surface area contributed by atoms with Crippen molar-refractivity contribution in [1.82, 2.24) is 0 Å². The van der Waals surface area contributed by atoms with Crippen molar-refractivity contribution in [3.63, 3.8) is 0 Å².